The monoisotopic (exact) mass is 367 g/mol. The Hall–Kier alpha value is -1.76. The first-order valence-electron chi connectivity index (χ1n) is 7.73. The van der Waals surface area contributed by atoms with E-state index in [1.54, 1.807) is 0 Å². The minimum atomic E-state index is -4.40. The Kier molecular flexibility index (Phi) is 10.2. The molecule has 0 amide bonds. The van der Waals surface area contributed by atoms with Crippen LogP contribution < -0.4 is 5.32 Å². The van der Waals surface area contributed by atoms with Gasteiger partial charge in [-0.15, -0.1) is 0 Å². The lowest BCUT2D eigenvalue weighted by atomic mass is 10.1. The molecule has 0 unspecified atom stereocenters. The highest BCUT2D eigenvalue weighted by Gasteiger charge is 2.30. The third-order valence-corrected chi connectivity index (χ3v) is 3.06. The average Bonchev–Trinajstić information content (AvgIpc) is 2.51. The summed E-state index contributed by atoms with van der Waals surface area (Å²) in [6.07, 6.45) is -5.53. The van der Waals surface area contributed by atoms with Crippen LogP contribution in [0.4, 0.5) is 26.3 Å². The van der Waals surface area contributed by atoms with Crippen LogP contribution in [0.2, 0.25) is 0 Å². The zero-order chi connectivity index (χ0) is 19.5. The van der Waals surface area contributed by atoms with Gasteiger partial charge in [0.05, 0.1) is 12.0 Å². The molecule has 1 aromatic rings. The van der Waals surface area contributed by atoms with Crippen LogP contribution in [0.5, 0.6) is 0 Å². The molecule has 1 N–H and O–H groups in total. The van der Waals surface area contributed by atoms with Gasteiger partial charge in [0.15, 0.2) is 0 Å². The molecule has 1 nitrogen and oxygen atoms in total. The molecule has 7 heteroatoms. The molecule has 0 atom stereocenters. The van der Waals surface area contributed by atoms with Crippen LogP contribution in [0.1, 0.15) is 37.3 Å². The normalized spacial score (nSPS) is 11.5. The SMILES string of the molecule is C=CC(=C)CCC.FC(F)(F)CCNCc1ccc(C(F)(F)F)cc1. The van der Waals surface area contributed by atoms with E-state index < -0.39 is 24.3 Å². The van der Waals surface area contributed by atoms with E-state index in [1.807, 2.05) is 6.08 Å². The van der Waals surface area contributed by atoms with Crippen LogP contribution in [0.15, 0.2) is 49.1 Å². The largest absolute Gasteiger partial charge is 0.416 e. The Balaban J connectivity index is 0.000000697. The van der Waals surface area contributed by atoms with E-state index in [1.165, 1.54) is 18.6 Å². The molecule has 0 aliphatic carbocycles. The quantitative estimate of drug-likeness (QED) is 0.340. The highest BCUT2D eigenvalue weighted by Crippen LogP contribution is 2.29. The van der Waals surface area contributed by atoms with Gasteiger partial charge < -0.3 is 5.32 Å². The lowest BCUT2D eigenvalue weighted by Gasteiger charge is -2.09. The minimum absolute atomic E-state index is 0.105. The first-order chi connectivity index (χ1) is 11.5. The molecule has 1 rings (SSSR count). The molecule has 0 aliphatic rings. The molecule has 0 aliphatic heterocycles. The molecule has 0 fully saturated rings. The summed E-state index contributed by atoms with van der Waals surface area (Å²) < 4.78 is 72.1. The zero-order valence-electron chi connectivity index (χ0n) is 14.1. The molecule has 142 valence electrons. The Morgan fingerprint density at radius 2 is 1.64 bits per heavy atom. The standard InChI is InChI=1S/C11H11F6N.C7H12/c12-10(13,14)5-6-18-7-8-1-3-9(4-2-8)11(15,16)17;1-4-6-7(3)5-2/h1-4,18H,5-7H2;5H,2-4,6H2,1H3. The Morgan fingerprint density at radius 3 is 2.00 bits per heavy atom. The van der Waals surface area contributed by atoms with Gasteiger partial charge in [0.25, 0.3) is 0 Å². The number of rotatable bonds is 7. The van der Waals surface area contributed by atoms with Crippen molar-refractivity contribution in [2.24, 2.45) is 0 Å². The summed E-state index contributed by atoms with van der Waals surface area (Å²) in [6.45, 7) is 9.30. The molecule has 0 heterocycles. The van der Waals surface area contributed by atoms with E-state index in [2.05, 4.69) is 25.4 Å². The van der Waals surface area contributed by atoms with Crippen molar-refractivity contribution in [2.45, 2.75) is 45.1 Å². The number of nitrogens with one attached hydrogen (secondary N) is 1. The summed E-state index contributed by atoms with van der Waals surface area (Å²) in [5, 5.41) is 2.52. The number of hydrogen-bond donors (Lipinski definition) is 1. The van der Waals surface area contributed by atoms with Gasteiger partial charge in [-0.1, -0.05) is 50.3 Å². The molecule has 0 spiro atoms. The summed E-state index contributed by atoms with van der Waals surface area (Å²) in [5.74, 6) is 0. The fourth-order valence-electron chi connectivity index (χ4n) is 1.70. The zero-order valence-corrected chi connectivity index (χ0v) is 14.1. The average molecular weight is 367 g/mol. The molecular formula is C18H23F6N. The van der Waals surface area contributed by atoms with Crippen LogP contribution in [0.25, 0.3) is 0 Å². The minimum Gasteiger partial charge on any atom is -0.312 e. The van der Waals surface area contributed by atoms with Crippen LogP contribution in [0.3, 0.4) is 0 Å². The van der Waals surface area contributed by atoms with Crippen LogP contribution >= 0.6 is 0 Å². The van der Waals surface area contributed by atoms with Crippen LogP contribution in [-0.4, -0.2) is 12.7 Å². The second-order valence-electron chi connectivity index (χ2n) is 5.35. The van der Waals surface area contributed by atoms with Crippen molar-refractivity contribution < 1.29 is 26.3 Å². The predicted octanol–water partition coefficient (Wildman–Crippen LogP) is 6.28. The first-order valence-corrected chi connectivity index (χ1v) is 7.73. The third kappa shape index (κ3) is 12.3. The lowest BCUT2D eigenvalue weighted by molar-refractivity contribution is -0.137. The van der Waals surface area contributed by atoms with E-state index in [0.717, 1.165) is 24.1 Å². The summed E-state index contributed by atoms with van der Waals surface area (Å²) in [5.41, 5.74) is 0.870. The molecule has 0 bridgehead atoms. The second-order valence-corrected chi connectivity index (χ2v) is 5.35. The fraction of sp³-hybridized carbons (Fsp3) is 0.444. The lowest BCUT2D eigenvalue weighted by Crippen LogP contribution is -2.21. The van der Waals surface area contributed by atoms with E-state index in [-0.39, 0.29) is 13.1 Å². The van der Waals surface area contributed by atoms with Gasteiger partial charge >= 0.3 is 12.4 Å². The summed E-state index contributed by atoms with van der Waals surface area (Å²) in [6, 6.07) is 4.29. The molecule has 0 radical (unpaired) electrons. The maximum Gasteiger partial charge on any atom is 0.416 e. The molecule has 0 saturated heterocycles. The topological polar surface area (TPSA) is 12.0 Å². The Bertz CT molecular complexity index is 514. The van der Waals surface area contributed by atoms with E-state index >= 15 is 0 Å². The Labute approximate surface area is 144 Å². The number of hydrogen-bond acceptors (Lipinski definition) is 1. The van der Waals surface area contributed by atoms with Crippen molar-refractivity contribution in [1.29, 1.82) is 0 Å². The molecule has 25 heavy (non-hydrogen) atoms. The van der Waals surface area contributed by atoms with Gasteiger partial charge in [-0.05, 0) is 24.1 Å². The summed E-state index contributed by atoms with van der Waals surface area (Å²) in [7, 11) is 0. The summed E-state index contributed by atoms with van der Waals surface area (Å²) >= 11 is 0. The van der Waals surface area contributed by atoms with Crippen molar-refractivity contribution in [3.63, 3.8) is 0 Å². The molecular weight excluding hydrogens is 344 g/mol. The highest BCUT2D eigenvalue weighted by molar-refractivity contribution is 5.24. The van der Waals surface area contributed by atoms with Crippen molar-refractivity contribution in [3.05, 3.63) is 60.2 Å². The van der Waals surface area contributed by atoms with E-state index in [9.17, 15) is 26.3 Å². The van der Waals surface area contributed by atoms with Gasteiger partial charge in [-0.25, -0.2) is 0 Å². The van der Waals surface area contributed by atoms with Gasteiger partial charge in [-0.3, -0.25) is 0 Å². The van der Waals surface area contributed by atoms with Gasteiger partial charge in [0.2, 0.25) is 0 Å². The first kappa shape index (κ1) is 23.2. The number of allylic oxidation sites excluding steroid dienone is 2. The highest BCUT2D eigenvalue weighted by atomic mass is 19.4. The van der Waals surface area contributed by atoms with E-state index in [4.69, 9.17) is 0 Å². The number of benzene rings is 1. The number of alkyl halides is 6. The third-order valence-electron chi connectivity index (χ3n) is 3.06. The summed E-state index contributed by atoms with van der Waals surface area (Å²) in [4.78, 5) is 0. The maximum atomic E-state index is 12.2. The fourth-order valence-corrected chi connectivity index (χ4v) is 1.70. The van der Waals surface area contributed by atoms with Gasteiger partial charge in [0.1, 0.15) is 0 Å². The van der Waals surface area contributed by atoms with Crippen molar-refractivity contribution in [1.82, 2.24) is 5.32 Å². The van der Waals surface area contributed by atoms with Crippen LogP contribution in [0, 0.1) is 0 Å². The maximum absolute atomic E-state index is 12.2. The smallest absolute Gasteiger partial charge is 0.312 e. The van der Waals surface area contributed by atoms with Crippen molar-refractivity contribution >= 4 is 0 Å². The number of halogens is 6. The Morgan fingerprint density at radius 1 is 1.08 bits per heavy atom. The van der Waals surface area contributed by atoms with Crippen LogP contribution in [-0.2, 0) is 12.7 Å². The van der Waals surface area contributed by atoms with Crippen molar-refractivity contribution in [2.75, 3.05) is 6.54 Å². The predicted molar refractivity (Wildman–Crippen MR) is 88.1 cm³/mol. The molecule has 0 saturated carbocycles. The van der Waals surface area contributed by atoms with Gasteiger partial charge in [-0.2, -0.15) is 26.3 Å². The molecule has 1 aromatic carbocycles. The van der Waals surface area contributed by atoms with E-state index in [0.29, 0.717) is 5.56 Å². The van der Waals surface area contributed by atoms with Crippen molar-refractivity contribution in [3.8, 4) is 0 Å². The second kappa shape index (κ2) is 11.0. The molecule has 0 aromatic heterocycles. The van der Waals surface area contributed by atoms with Gasteiger partial charge in [0, 0.05) is 13.1 Å².